The van der Waals surface area contributed by atoms with Crippen LogP contribution in [0, 0.1) is 6.92 Å². The number of nitrogens with one attached hydrogen (secondary N) is 1. The lowest BCUT2D eigenvalue weighted by Crippen LogP contribution is -2.00. The molecule has 0 aliphatic rings. The highest BCUT2D eigenvalue weighted by Gasteiger charge is 2.10. The second-order valence-corrected chi connectivity index (χ2v) is 6.15. The average Bonchev–Trinajstić information content (AvgIpc) is 2.63. The molecule has 4 rings (SSSR count). The maximum absolute atomic E-state index is 5.97. The van der Waals surface area contributed by atoms with Crippen molar-refractivity contribution < 1.29 is 0 Å². The maximum Gasteiger partial charge on any atom is 0.180 e. The Bertz CT molecular complexity index is 1040. The first-order valence-corrected chi connectivity index (χ1v) is 8.30. The molecule has 0 aliphatic carbocycles. The van der Waals surface area contributed by atoms with Crippen LogP contribution in [0.15, 0.2) is 66.7 Å². The maximum atomic E-state index is 5.97. The van der Waals surface area contributed by atoms with Crippen LogP contribution in [0.25, 0.3) is 22.4 Å². The Morgan fingerprint density at radius 2 is 1.60 bits per heavy atom. The number of hydrogen-bond donors (Lipinski definition) is 1. The van der Waals surface area contributed by atoms with Gasteiger partial charge in [0.2, 0.25) is 0 Å². The van der Waals surface area contributed by atoms with Gasteiger partial charge >= 0.3 is 0 Å². The van der Waals surface area contributed by atoms with Crippen LogP contribution in [0.5, 0.6) is 0 Å². The second kappa shape index (κ2) is 6.49. The number of rotatable bonds is 3. The Hall–Kier alpha value is -2.98. The molecule has 0 spiro atoms. The number of aryl methyl sites for hydroxylation is 1. The lowest BCUT2D eigenvalue weighted by atomic mass is 10.2. The van der Waals surface area contributed by atoms with Crippen molar-refractivity contribution in [2.45, 2.75) is 6.92 Å². The molecule has 2 heterocycles. The third kappa shape index (κ3) is 3.30. The van der Waals surface area contributed by atoms with Crippen LogP contribution in [-0.2, 0) is 0 Å². The van der Waals surface area contributed by atoms with Gasteiger partial charge in [0, 0.05) is 21.8 Å². The van der Waals surface area contributed by atoms with Gasteiger partial charge in [-0.05, 0) is 55.5 Å². The fourth-order valence-electron chi connectivity index (χ4n) is 2.62. The Balaban J connectivity index is 1.85. The lowest BCUT2D eigenvalue weighted by molar-refractivity contribution is 1.14. The fraction of sp³-hybridized carbons (Fsp3) is 0.0500. The summed E-state index contributed by atoms with van der Waals surface area (Å²) in [6.45, 7) is 1.96. The van der Waals surface area contributed by atoms with Gasteiger partial charge in [-0.1, -0.05) is 29.8 Å². The summed E-state index contributed by atoms with van der Waals surface area (Å²) in [5.41, 5.74) is 3.47. The molecule has 0 atom stereocenters. The monoisotopic (exact) mass is 346 g/mol. The number of pyridine rings is 1. The highest BCUT2D eigenvalue weighted by atomic mass is 35.5. The SMILES string of the molecule is Cc1cccc(-c2nc(Nc3ccc(Cl)cc3)c3ccccc3n2)n1. The first-order chi connectivity index (χ1) is 12.2. The van der Waals surface area contributed by atoms with E-state index in [1.165, 1.54) is 0 Å². The van der Waals surface area contributed by atoms with Crippen LogP contribution in [0.4, 0.5) is 11.5 Å². The van der Waals surface area contributed by atoms with Gasteiger partial charge < -0.3 is 5.32 Å². The summed E-state index contributed by atoms with van der Waals surface area (Å²) in [6.07, 6.45) is 0. The van der Waals surface area contributed by atoms with Gasteiger partial charge in [-0.3, -0.25) is 0 Å². The molecule has 122 valence electrons. The third-order valence-electron chi connectivity index (χ3n) is 3.83. The largest absolute Gasteiger partial charge is 0.340 e. The van der Waals surface area contributed by atoms with E-state index in [4.69, 9.17) is 16.6 Å². The van der Waals surface area contributed by atoms with Crippen molar-refractivity contribution in [2.75, 3.05) is 5.32 Å². The van der Waals surface area contributed by atoms with E-state index in [0.717, 1.165) is 33.8 Å². The van der Waals surface area contributed by atoms with Crippen molar-refractivity contribution in [2.24, 2.45) is 0 Å². The Morgan fingerprint density at radius 3 is 2.40 bits per heavy atom. The molecule has 2 aromatic carbocycles. The number of nitrogens with zero attached hydrogens (tertiary/aromatic N) is 3. The van der Waals surface area contributed by atoms with E-state index >= 15 is 0 Å². The third-order valence-corrected chi connectivity index (χ3v) is 4.08. The highest BCUT2D eigenvalue weighted by Crippen LogP contribution is 2.27. The fourth-order valence-corrected chi connectivity index (χ4v) is 2.75. The molecular formula is C20H15ClN4. The molecule has 2 aromatic heterocycles. The summed E-state index contributed by atoms with van der Waals surface area (Å²) in [5, 5.41) is 5.01. The van der Waals surface area contributed by atoms with Gasteiger partial charge in [-0.2, -0.15) is 0 Å². The predicted octanol–water partition coefficient (Wildman–Crippen LogP) is 5.40. The number of aromatic nitrogens is 3. The molecular weight excluding hydrogens is 332 g/mol. The lowest BCUT2D eigenvalue weighted by Gasteiger charge is -2.11. The van der Waals surface area contributed by atoms with Crippen LogP contribution < -0.4 is 5.32 Å². The molecule has 1 N–H and O–H groups in total. The van der Waals surface area contributed by atoms with Gasteiger partial charge in [0.25, 0.3) is 0 Å². The quantitative estimate of drug-likeness (QED) is 0.539. The molecule has 0 radical (unpaired) electrons. The number of fused-ring (bicyclic) bond motifs is 1. The van der Waals surface area contributed by atoms with E-state index in [2.05, 4.69) is 15.3 Å². The zero-order valence-corrected chi connectivity index (χ0v) is 14.3. The van der Waals surface area contributed by atoms with Crippen molar-refractivity contribution in [3.05, 3.63) is 77.4 Å². The van der Waals surface area contributed by atoms with Gasteiger partial charge in [0.1, 0.15) is 11.5 Å². The van der Waals surface area contributed by atoms with Crippen molar-refractivity contribution >= 4 is 34.0 Å². The van der Waals surface area contributed by atoms with Crippen molar-refractivity contribution in [1.82, 2.24) is 15.0 Å². The number of halogens is 1. The summed E-state index contributed by atoms with van der Waals surface area (Å²) in [7, 11) is 0. The van der Waals surface area contributed by atoms with E-state index < -0.39 is 0 Å². The molecule has 0 unspecified atom stereocenters. The molecule has 0 amide bonds. The zero-order valence-electron chi connectivity index (χ0n) is 13.6. The molecule has 0 saturated carbocycles. The smallest absolute Gasteiger partial charge is 0.180 e. The van der Waals surface area contributed by atoms with E-state index in [9.17, 15) is 0 Å². The summed E-state index contributed by atoms with van der Waals surface area (Å²) in [5.74, 6) is 1.34. The minimum absolute atomic E-state index is 0.596. The molecule has 4 nitrogen and oxygen atoms in total. The minimum atomic E-state index is 0.596. The summed E-state index contributed by atoms with van der Waals surface area (Å²) < 4.78 is 0. The summed E-state index contributed by atoms with van der Waals surface area (Å²) >= 11 is 5.97. The van der Waals surface area contributed by atoms with Crippen molar-refractivity contribution in [3.8, 4) is 11.5 Å². The van der Waals surface area contributed by atoms with Crippen molar-refractivity contribution in [3.63, 3.8) is 0 Å². The van der Waals surface area contributed by atoms with E-state index in [1.807, 2.05) is 73.7 Å². The highest BCUT2D eigenvalue weighted by molar-refractivity contribution is 6.30. The first-order valence-electron chi connectivity index (χ1n) is 7.92. The van der Waals surface area contributed by atoms with Crippen LogP contribution in [0.2, 0.25) is 5.02 Å². The number of para-hydroxylation sites is 1. The van der Waals surface area contributed by atoms with Gasteiger partial charge in [-0.15, -0.1) is 0 Å². The Kier molecular flexibility index (Phi) is 4.04. The number of hydrogen-bond acceptors (Lipinski definition) is 4. The van der Waals surface area contributed by atoms with Gasteiger partial charge in [0.05, 0.1) is 5.52 Å². The van der Waals surface area contributed by atoms with Gasteiger partial charge in [-0.25, -0.2) is 15.0 Å². The predicted molar refractivity (Wildman–Crippen MR) is 102 cm³/mol. The number of anilines is 2. The summed E-state index contributed by atoms with van der Waals surface area (Å²) in [6, 6.07) is 21.3. The van der Waals surface area contributed by atoms with E-state index in [1.54, 1.807) is 0 Å². The topological polar surface area (TPSA) is 50.7 Å². The normalized spacial score (nSPS) is 10.8. The van der Waals surface area contributed by atoms with Crippen LogP contribution in [0.3, 0.4) is 0 Å². The summed E-state index contributed by atoms with van der Waals surface area (Å²) in [4.78, 5) is 13.9. The standard InChI is InChI=1S/C20H15ClN4/c1-13-5-4-8-18(22-13)20-24-17-7-3-2-6-16(17)19(25-20)23-15-11-9-14(21)10-12-15/h2-12H,1H3,(H,23,24,25). The molecule has 0 fully saturated rings. The first kappa shape index (κ1) is 15.5. The van der Waals surface area contributed by atoms with E-state index in [0.29, 0.717) is 10.8 Å². The number of benzene rings is 2. The molecule has 25 heavy (non-hydrogen) atoms. The molecule has 0 bridgehead atoms. The zero-order chi connectivity index (χ0) is 17.2. The second-order valence-electron chi connectivity index (χ2n) is 5.71. The Morgan fingerprint density at radius 1 is 0.800 bits per heavy atom. The van der Waals surface area contributed by atoms with E-state index in [-0.39, 0.29) is 0 Å². The van der Waals surface area contributed by atoms with Gasteiger partial charge in [0.15, 0.2) is 5.82 Å². The molecule has 0 saturated heterocycles. The minimum Gasteiger partial charge on any atom is -0.340 e. The molecule has 0 aliphatic heterocycles. The van der Waals surface area contributed by atoms with Crippen LogP contribution in [-0.4, -0.2) is 15.0 Å². The average molecular weight is 347 g/mol. The van der Waals surface area contributed by atoms with Crippen LogP contribution >= 0.6 is 11.6 Å². The molecule has 5 heteroatoms. The van der Waals surface area contributed by atoms with Crippen LogP contribution in [0.1, 0.15) is 5.69 Å². The van der Waals surface area contributed by atoms with Crippen molar-refractivity contribution in [1.29, 1.82) is 0 Å². The Labute approximate surface area is 150 Å². The molecule has 4 aromatic rings.